The van der Waals surface area contributed by atoms with Crippen LogP contribution in [0.1, 0.15) is 33.6 Å². The maximum atomic E-state index is 6.33. The molecule has 1 fully saturated rings. The number of likely N-dealkylation sites (N-methyl/N-ethyl adjacent to an activating group) is 1. The summed E-state index contributed by atoms with van der Waals surface area (Å²) in [6, 6.07) is 3.84. The molecule has 16 heavy (non-hydrogen) atoms. The Morgan fingerprint density at radius 2 is 1.50 bits per heavy atom. The van der Waals surface area contributed by atoms with Gasteiger partial charge in [-0.15, -0.1) is 0 Å². The third-order valence-corrected chi connectivity index (χ3v) is 9.30. The molecule has 0 atom stereocenters. The molecule has 0 spiro atoms. The molecule has 0 unspecified atom stereocenters. The highest BCUT2D eigenvalue weighted by Crippen LogP contribution is 2.22. The molecule has 1 saturated heterocycles. The molecule has 1 aliphatic rings. The number of hydrogen-bond acceptors (Lipinski definition) is 1. The second kappa shape index (κ2) is 6.17. The summed E-state index contributed by atoms with van der Waals surface area (Å²) in [6.07, 6.45) is 2.82. The van der Waals surface area contributed by atoms with Gasteiger partial charge in [0.1, 0.15) is 6.54 Å². The Kier molecular flexibility index (Phi) is 5.48. The Morgan fingerprint density at radius 3 is 1.94 bits per heavy atom. The number of nitrogens with zero attached hydrogens (tertiary/aromatic N) is 1. The van der Waals surface area contributed by atoms with Crippen molar-refractivity contribution in [3.05, 3.63) is 0 Å². The summed E-state index contributed by atoms with van der Waals surface area (Å²) < 4.78 is 7.58. The average Bonchev–Trinajstić information content (AvgIpc) is 2.73. The van der Waals surface area contributed by atoms with Gasteiger partial charge in [-0.3, -0.25) is 0 Å². The maximum absolute atomic E-state index is 6.33. The zero-order valence-electron chi connectivity index (χ0n) is 11.7. The van der Waals surface area contributed by atoms with E-state index in [9.17, 15) is 0 Å². The minimum Gasteiger partial charge on any atom is -0.411 e. The highest BCUT2D eigenvalue weighted by molar-refractivity contribution is 6.73. The Balaban J connectivity index is 2.32. The summed E-state index contributed by atoms with van der Waals surface area (Å²) in [5.41, 5.74) is 0. The molecule has 0 aromatic carbocycles. The monoisotopic (exact) mass is 244 g/mol. The fraction of sp³-hybridized carbons (Fsp3) is 1.00. The van der Waals surface area contributed by atoms with Crippen molar-refractivity contribution in [2.24, 2.45) is 0 Å². The van der Waals surface area contributed by atoms with E-state index in [0.29, 0.717) is 0 Å². The minimum absolute atomic E-state index is 0.998. The van der Waals surface area contributed by atoms with E-state index in [-0.39, 0.29) is 0 Å². The van der Waals surface area contributed by atoms with Crippen LogP contribution in [0.25, 0.3) is 0 Å². The van der Waals surface area contributed by atoms with Gasteiger partial charge in [-0.2, -0.15) is 0 Å². The molecule has 1 rings (SSSR count). The van der Waals surface area contributed by atoms with Crippen molar-refractivity contribution in [3.63, 3.8) is 0 Å². The molecule has 1 aliphatic heterocycles. The van der Waals surface area contributed by atoms with E-state index in [2.05, 4.69) is 27.8 Å². The van der Waals surface area contributed by atoms with E-state index >= 15 is 0 Å². The zero-order valence-corrected chi connectivity index (χ0v) is 12.7. The second-order valence-electron chi connectivity index (χ2n) is 5.59. The molecular weight excluding hydrogens is 214 g/mol. The molecule has 96 valence electrons. The van der Waals surface area contributed by atoms with E-state index in [4.69, 9.17) is 4.43 Å². The van der Waals surface area contributed by atoms with Crippen molar-refractivity contribution >= 4 is 8.32 Å². The average molecular weight is 244 g/mol. The molecule has 0 aromatic rings. The highest BCUT2D eigenvalue weighted by atomic mass is 28.4. The molecule has 0 aromatic heterocycles. The van der Waals surface area contributed by atoms with E-state index in [1.54, 1.807) is 0 Å². The number of rotatable bonds is 7. The Labute approximate surface area is 103 Å². The van der Waals surface area contributed by atoms with Crippen LogP contribution in [0.2, 0.25) is 18.1 Å². The van der Waals surface area contributed by atoms with Gasteiger partial charge in [0.05, 0.1) is 26.7 Å². The molecule has 3 heteroatoms. The van der Waals surface area contributed by atoms with Crippen LogP contribution in [0.5, 0.6) is 0 Å². The third kappa shape index (κ3) is 3.57. The largest absolute Gasteiger partial charge is 0.411 e. The first-order valence-electron chi connectivity index (χ1n) is 7.07. The van der Waals surface area contributed by atoms with E-state index in [1.165, 1.54) is 55.1 Å². The Bertz CT molecular complexity index is 190. The fourth-order valence-electron chi connectivity index (χ4n) is 2.86. The van der Waals surface area contributed by atoms with Crippen LogP contribution in [0.3, 0.4) is 0 Å². The van der Waals surface area contributed by atoms with E-state index in [0.717, 1.165) is 6.61 Å². The lowest BCUT2D eigenvalue weighted by Gasteiger charge is -2.33. The van der Waals surface area contributed by atoms with Crippen LogP contribution >= 0.6 is 0 Å². The standard InChI is InChI=1S/C13H30NOSi/c1-5-16(6-2,7-3)15-13-12-14(4)10-8-9-11-14/h5-13H2,1-4H3/q+1. The quantitative estimate of drug-likeness (QED) is 0.493. The van der Waals surface area contributed by atoms with Crippen LogP contribution in [0, 0.1) is 0 Å². The first-order chi connectivity index (χ1) is 7.60. The summed E-state index contributed by atoms with van der Waals surface area (Å²) in [6.45, 7) is 11.9. The maximum Gasteiger partial charge on any atom is 0.192 e. The lowest BCUT2D eigenvalue weighted by atomic mass is 10.4. The van der Waals surface area contributed by atoms with Crippen molar-refractivity contribution in [2.45, 2.75) is 51.7 Å². The van der Waals surface area contributed by atoms with Gasteiger partial charge in [-0.1, -0.05) is 20.8 Å². The zero-order chi connectivity index (χ0) is 12.1. The van der Waals surface area contributed by atoms with Crippen molar-refractivity contribution in [2.75, 3.05) is 33.3 Å². The van der Waals surface area contributed by atoms with E-state index < -0.39 is 8.32 Å². The van der Waals surface area contributed by atoms with Gasteiger partial charge in [0.25, 0.3) is 0 Å². The van der Waals surface area contributed by atoms with Crippen LogP contribution in [0.15, 0.2) is 0 Å². The first kappa shape index (κ1) is 14.2. The van der Waals surface area contributed by atoms with Gasteiger partial charge >= 0.3 is 0 Å². The van der Waals surface area contributed by atoms with Crippen molar-refractivity contribution in [1.29, 1.82) is 0 Å². The molecule has 0 bridgehead atoms. The van der Waals surface area contributed by atoms with Gasteiger partial charge in [-0.25, -0.2) is 0 Å². The third-order valence-electron chi connectivity index (χ3n) is 4.62. The summed E-state index contributed by atoms with van der Waals surface area (Å²) >= 11 is 0. The molecule has 2 nitrogen and oxygen atoms in total. The van der Waals surface area contributed by atoms with Gasteiger partial charge in [0.2, 0.25) is 0 Å². The Hall–Kier alpha value is 0.137. The van der Waals surface area contributed by atoms with Gasteiger partial charge in [-0.05, 0) is 18.1 Å². The lowest BCUT2D eigenvalue weighted by Crippen LogP contribution is -2.46. The predicted octanol–water partition coefficient (Wildman–Crippen LogP) is 3.25. The fourth-order valence-corrected chi connectivity index (χ4v) is 5.50. The second-order valence-corrected chi connectivity index (χ2v) is 10.4. The van der Waals surface area contributed by atoms with Crippen molar-refractivity contribution < 1.29 is 8.91 Å². The molecule has 0 N–H and O–H groups in total. The van der Waals surface area contributed by atoms with Crippen LogP contribution < -0.4 is 0 Å². The summed E-state index contributed by atoms with van der Waals surface area (Å²) in [5, 5.41) is 0. The van der Waals surface area contributed by atoms with Crippen molar-refractivity contribution in [1.82, 2.24) is 0 Å². The van der Waals surface area contributed by atoms with Crippen LogP contribution in [0.4, 0.5) is 0 Å². The van der Waals surface area contributed by atoms with Crippen LogP contribution in [-0.2, 0) is 4.43 Å². The molecular formula is C13H30NOSi+. The number of likely N-dealkylation sites (tertiary alicyclic amines) is 1. The topological polar surface area (TPSA) is 9.23 Å². The number of quaternary nitrogens is 1. The SMILES string of the molecule is CC[Si](CC)(CC)OCC[N+]1(C)CCCC1. The molecule has 0 amide bonds. The molecule has 0 saturated carbocycles. The summed E-state index contributed by atoms with van der Waals surface area (Å²) in [7, 11) is 1.06. The summed E-state index contributed by atoms with van der Waals surface area (Å²) in [5.74, 6) is 0. The number of hydrogen-bond donors (Lipinski definition) is 0. The first-order valence-corrected chi connectivity index (χ1v) is 9.60. The van der Waals surface area contributed by atoms with Gasteiger partial charge in [0, 0.05) is 12.8 Å². The predicted molar refractivity (Wildman–Crippen MR) is 73.2 cm³/mol. The molecule has 0 aliphatic carbocycles. The summed E-state index contributed by atoms with van der Waals surface area (Å²) in [4.78, 5) is 0. The van der Waals surface area contributed by atoms with Gasteiger partial charge < -0.3 is 8.91 Å². The van der Waals surface area contributed by atoms with E-state index in [1.807, 2.05) is 0 Å². The van der Waals surface area contributed by atoms with Gasteiger partial charge in [0.15, 0.2) is 8.32 Å². The highest BCUT2D eigenvalue weighted by Gasteiger charge is 2.31. The molecule has 0 radical (unpaired) electrons. The minimum atomic E-state index is -1.33. The normalized spacial score (nSPS) is 20.2. The lowest BCUT2D eigenvalue weighted by molar-refractivity contribution is -0.897. The Morgan fingerprint density at radius 1 is 1.00 bits per heavy atom. The van der Waals surface area contributed by atoms with Crippen LogP contribution in [-0.4, -0.2) is 46.1 Å². The molecule has 1 heterocycles. The van der Waals surface area contributed by atoms with Crippen molar-refractivity contribution in [3.8, 4) is 0 Å². The smallest absolute Gasteiger partial charge is 0.192 e.